The highest BCUT2D eigenvalue weighted by Crippen LogP contribution is 2.14. The van der Waals surface area contributed by atoms with Crippen molar-refractivity contribution < 1.29 is 14.3 Å². The van der Waals surface area contributed by atoms with E-state index < -0.39 is 0 Å². The van der Waals surface area contributed by atoms with E-state index in [0.717, 1.165) is 6.42 Å². The third-order valence-corrected chi connectivity index (χ3v) is 2.65. The van der Waals surface area contributed by atoms with Crippen LogP contribution in [-0.2, 0) is 16.0 Å². The van der Waals surface area contributed by atoms with Crippen LogP contribution in [0.5, 0.6) is 5.75 Å². The predicted octanol–water partition coefficient (Wildman–Crippen LogP) is 4.39. The average molecular weight is 280 g/mol. The van der Waals surface area contributed by atoms with Gasteiger partial charge in [-0.05, 0) is 37.5 Å². The summed E-state index contributed by atoms with van der Waals surface area (Å²) in [6, 6.07) is 7.91. The van der Waals surface area contributed by atoms with E-state index in [2.05, 4.69) is 19.1 Å². The van der Waals surface area contributed by atoms with Crippen LogP contribution in [0.4, 0.5) is 0 Å². The number of carbonyl (C=O) groups excluding carboxylic acids is 1. The van der Waals surface area contributed by atoms with Gasteiger partial charge in [0, 0.05) is 0 Å². The van der Waals surface area contributed by atoms with Crippen molar-refractivity contribution >= 4 is 5.97 Å². The monoisotopic (exact) mass is 280 g/mol. The van der Waals surface area contributed by atoms with Crippen LogP contribution in [-0.4, -0.2) is 19.2 Å². The number of benzene rings is 1. The van der Waals surface area contributed by atoms with Gasteiger partial charge in [0.25, 0.3) is 0 Å². The predicted molar refractivity (Wildman–Crippen MR) is 83.1 cm³/mol. The van der Waals surface area contributed by atoms with Gasteiger partial charge in [-0.25, -0.2) is 4.79 Å². The van der Waals surface area contributed by atoms with Gasteiger partial charge in [0.1, 0.15) is 5.75 Å². The third kappa shape index (κ3) is 8.57. The van der Waals surface area contributed by atoms with Crippen LogP contribution in [0.25, 0.3) is 0 Å². The van der Waals surface area contributed by atoms with Crippen LogP contribution in [0, 0.1) is 0 Å². The van der Waals surface area contributed by atoms with E-state index in [1.54, 1.807) is 6.92 Å². The molecule has 0 aliphatic carbocycles. The van der Waals surface area contributed by atoms with E-state index >= 15 is 0 Å². The molecule has 1 aromatic carbocycles. The second kappa shape index (κ2) is 12.5. The molecule has 1 rings (SSSR count). The van der Waals surface area contributed by atoms with Crippen LogP contribution in [0.15, 0.2) is 24.3 Å². The zero-order chi connectivity index (χ0) is 15.2. The molecule has 0 aliphatic rings. The molecule has 0 unspecified atom stereocenters. The molecule has 3 heteroatoms. The lowest BCUT2D eigenvalue weighted by Gasteiger charge is -2.06. The molecule has 0 spiro atoms. The van der Waals surface area contributed by atoms with Gasteiger partial charge in [-0.2, -0.15) is 0 Å². The maximum absolute atomic E-state index is 11.1. The highest BCUT2D eigenvalue weighted by molar-refractivity contribution is 5.71. The van der Waals surface area contributed by atoms with E-state index in [9.17, 15) is 4.79 Å². The number of aryl methyl sites for hydroxylation is 1. The highest BCUT2D eigenvalue weighted by atomic mass is 16.6. The SMILES string of the molecule is CC.CCCCCc1ccc(OCC(=O)OCC)cc1. The number of hydrogen-bond acceptors (Lipinski definition) is 3. The number of ether oxygens (including phenoxy) is 2. The summed E-state index contributed by atoms with van der Waals surface area (Å²) in [5, 5.41) is 0. The summed E-state index contributed by atoms with van der Waals surface area (Å²) in [6.45, 7) is 8.34. The molecule has 3 nitrogen and oxygen atoms in total. The van der Waals surface area contributed by atoms with E-state index in [-0.39, 0.29) is 12.6 Å². The van der Waals surface area contributed by atoms with Gasteiger partial charge in [0.15, 0.2) is 6.61 Å². The molecule has 0 heterocycles. The van der Waals surface area contributed by atoms with Crippen molar-refractivity contribution in [3.05, 3.63) is 29.8 Å². The summed E-state index contributed by atoms with van der Waals surface area (Å²) in [6.07, 6.45) is 4.83. The molecule has 0 aliphatic heterocycles. The van der Waals surface area contributed by atoms with Crippen molar-refractivity contribution in [3.63, 3.8) is 0 Å². The zero-order valence-corrected chi connectivity index (χ0v) is 13.3. The van der Waals surface area contributed by atoms with Gasteiger partial charge in [-0.15, -0.1) is 0 Å². The molecular weight excluding hydrogens is 252 g/mol. The molecule has 0 atom stereocenters. The lowest BCUT2D eigenvalue weighted by molar-refractivity contribution is -0.145. The standard InChI is InChI=1S/C15H22O3.C2H6/c1-3-5-6-7-13-8-10-14(11-9-13)18-12-15(16)17-4-2;1-2/h8-11H,3-7,12H2,1-2H3;1-2H3. The summed E-state index contributed by atoms with van der Waals surface area (Å²) >= 11 is 0. The summed E-state index contributed by atoms with van der Waals surface area (Å²) in [5.74, 6) is 0.381. The first-order valence-corrected chi connectivity index (χ1v) is 7.63. The topological polar surface area (TPSA) is 35.5 Å². The maximum Gasteiger partial charge on any atom is 0.344 e. The molecule has 0 fully saturated rings. The Morgan fingerprint density at radius 3 is 2.25 bits per heavy atom. The fourth-order valence-electron chi connectivity index (χ4n) is 1.68. The Morgan fingerprint density at radius 1 is 1.05 bits per heavy atom. The molecule has 20 heavy (non-hydrogen) atoms. The quantitative estimate of drug-likeness (QED) is 0.523. The van der Waals surface area contributed by atoms with Crippen LogP contribution < -0.4 is 4.74 Å². The summed E-state index contributed by atoms with van der Waals surface area (Å²) < 4.78 is 10.1. The molecule has 0 bridgehead atoms. The first kappa shape index (κ1) is 18.5. The number of hydrogen-bond donors (Lipinski definition) is 0. The summed E-state index contributed by atoms with van der Waals surface area (Å²) in [4.78, 5) is 11.1. The largest absolute Gasteiger partial charge is 0.482 e. The third-order valence-electron chi connectivity index (χ3n) is 2.65. The second-order valence-corrected chi connectivity index (χ2v) is 4.19. The minimum absolute atomic E-state index is 0.0248. The molecule has 1 aromatic rings. The van der Waals surface area contributed by atoms with E-state index in [0.29, 0.717) is 12.4 Å². The van der Waals surface area contributed by atoms with Gasteiger partial charge >= 0.3 is 5.97 Å². The van der Waals surface area contributed by atoms with Gasteiger partial charge in [0.05, 0.1) is 6.61 Å². The zero-order valence-electron chi connectivity index (χ0n) is 13.3. The number of rotatable bonds is 8. The van der Waals surface area contributed by atoms with Gasteiger partial charge < -0.3 is 9.47 Å². The Hall–Kier alpha value is -1.51. The van der Waals surface area contributed by atoms with Crippen molar-refractivity contribution in [1.29, 1.82) is 0 Å². The Morgan fingerprint density at radius 2 is 1.70 bits per heavy atom. The fourth-order valence-corrected chi connectivity index (χ4v) is 1.68. The van der Waals surface area contributed by atoms with E-state index in [1.807, 2.05) is 26.0 Å². The maximum atomic E-state index is 11.1. The van der Waals surface area contributed by atoms with Crippen LogP contribution >= 0.6 is 0 Å². The molecule has 0 N–H and O–H groups in total. The van der Waals surface area contributed by atoms with Gasteiger partial charge in [-0.3, -0.25) is 0 Å². The molecule has 0 aromatic heterocycles. The van der Waals surface area contributed by atoms with Crippen molar-refractivity contribution in [2.45, 2.75) is 53.4 Å². The van der Waals surface area contributed by atoms with Crippen LogP contribution in [0.3, 0.4) is 0 Å². The minimum Gasteiger partial charge on any atom is -0.482 e. The molecule has 0 saturated carbocycles. The number of esters is 1. The first-order valence-electron chi connectivity index (χ1n) is 7.63. The van der Waals surface area contributed by atoms with Crippen molar-refractivity contribution in [3.8, 4) is 5.75 Å². The normalized spacial score (nSPS) is 9.40. The van der Waals surface area contributed by atoms with Gasteiger partial charge in [-0.1, -0.05) is 45.7 Å². The Labute approximate surface area is 123 Å². The Balaban J connectivity index is 0.00000172. The van der Waals surface area contributed by atoms with E-state index in [4.69, 9.17) is 9.47 Å². The summed E-state index contributed by atoms with van der Waals surface area (Å²) in [5.41, 5.74) is 1.31. The molecule has 114 valence electrons. The molecule has 0 radical (unpaired) electrons. The van der Waals surface area contributed by atoms with Crippen molar-refractivity contribution in [1.82, 2.24) is 0 Å². The first-order chi connectivity index (χ1) is 9.76. The number of carbonyl (C=O) groups is 1. The second-order valence-electron chi connectivity index (χ2n) is 4.19. The lowest BCUT2D eigenvalue weighted by Crippen LogP contribution is -2.14. The molecule has 0 saturated heterocycles. The molecular formula is C17H28O3. The van der Waals surface area contributed by atoms with Crippen molar-refractivity contribution in [2.75, 3.05) is 13.2 Å². The smallest absolute Gasteiger partial charge is 0.344 e. The van der Waals surface area contributed by atoms with E-state index in [1.165, 1.54) is 24.8 Å². The van der Waals surface area contributed by atoms with Crippen LogP contribution in [0.2, 0.25) is 0 Å². The van der Waals surface area contributed by atoms with Crippen molar-refractivity contribution in [2.24, 2.45) is 0 Å². The Bertz CT molecular complexity index is 344. The van der Waals surface area contributed by atoms with Crippen LogP contribution in [0.1, 0.15) is 52.5 Å². The Kier molecular flexibility index (Phi) is 11.6. The lowest BCUT2D eigenvalue weighted by atomic mass is 10.1. The highest BCUT2D eigenvalue weighted by Gasteiger charge is 2.02. The number of unbranched alkanes of at least 4 members (excludes halogenated alkanes) is 2. The fraction of sp³-hybridized carbons (Fsp3) is 0.588. The summed E-state index contributed by atoms with van der Waals surface area (Å²) in [7, 11) is 0. The average Bonchev–Trinajstić information content (AvgIpc) is 2.49. The minimum atomic E-state index is -0.329. The molecule has 0 amide bonds. The van der Waals surface area contributed by atoms with Gasteiger partial charge in [0.2, 0.25) is 0 Å².